The predicted octanol–water partition coefficient (Wildman–Crippen LogP) is 1.07. The summed E-state index contributed by atoms with van der Waals surface area (Å²) >= 11 is 0. The normalized spacial score (nSPS) is 21.7. The van der Waals surface area contributed by atoms with E-state index in [1.807, 2.05) is 6.07 Å². The molecule has 0 radical (unpaired) electrons. The van der Waals surface area contributed by atoms with Crippen molar-refractivity contribution in [2.75, 3.05) is 18.5 Å². The van der Waals surface area contributed by atoms with Gasteiger partial charge in [-0.3, -0.25) is 0 Å². The van der Waals surface area contributed by atoms with E-state index in [0.717, 1.165) is 25.3 Å². The van der Waals surface area contributed by atoms with E-state index in [-0.39, 0.29) is 0 Å². The van der Waals surface area contributed by atoms with E-state index >= 15 is 0 Å². The Morgan fingerprint density at radius 3 is 3.23 bits per heavy atom. The molecule has 1 aliphatic rings. The van der Waals surface area contributed by atoms with Crippen molar-refractivity contribution < 1.29 is 4.74 Å². The average Bonchev–Trinajstić information content (AvgIpc) is 2.69. The first-order valence-corrected chi connectivity index (χ1v) is 4.57. The van der Waals surface area contributed by atoms with Crippen LogP contribution in [-0.2, 0) is 4.74 Å². The monoisotopic (exact) mass is 179 g/mol. The Hall–Kier alpha value is -1.16. The van der Waals surface area contributed by atoms with Crippen LogP contribution >= 0.6 is 0 Å². The molecule has 4 heteroatoms. The standard InChI is InChI=1S/C9H13N3O/c1-2-9(13-5-1)7-10-8-3-4-11-12-6-8/h3-4,6,9H,1-2,5,7H2,(H,10,11)/t9-/m1/s1. The first-order valence-electron chi connectivity index (χ1n) is 4.57. The molecule has 0 amide bonds. The van der Waals surface area contributed by atoms with Crippen molar-refractivity contribution in [2.24, 2.45) is 0 Å². The van der Waals surface area contributed by atoms with Gasteiger partial charge >= 0.3 is 0 Å². The van der Waals surface area contributed by atoms with Crippen LogP contribution in [0.5, 0.6) is 0 Å². The third kappa shape index (κ3) is 2.39. The zero-order valence-electron chi connectivity index (χ0n) is 7.44. The molecule has 0 spiro atoms. The Morgan fingerprint density at radius 1 is 1.54 bits per heavy atom. The number of hydrogen-bond acceptors (Lipinski definition) is 4. The van der Waals surface area contributed by atoms with E-state index in [9.17, 15) is 0 Å². The summed E-state index contributed by atoms with van der Waals surface area (Å²) < 4.78 is 5.48. The van der Waals surface area contributed by atoms with Gasteiger partial charge in [-0.15, -0.1) is 0 Å². The SMILES string of the molecule is c1cc(NC[C@H]2CCCO2)cnn1. The average molecular weight is 179 g/mol. The molecule has 0 bridgehead atoms. The lowest BCUT2D eigenvalue weighted by Gasteiger charge is -2.10. The molecule has 1 aromatic rings. The van der Waals surface area contributed by atoms with Crippen LogP contribution in [0.25, 0.3) is 0 Å². The van der Waals surface area contributed by atoms with E-state index in [1.54, 1.807) is 12.4 Å². The molecule has 13 heavy (non-hydrogen) atoms. The molecule has 1 aliphatic heterocycles. The quantitative estimate of drug-likeness (QED) is 0.754. The number of nitrogens with zero attached hydrogens (tertiary/aromatic N) is 2. The summed E-state index contributed by atoms with van der Waals surface area (Å²) in [5.74, 6) is 0. The minimum absolute atomic E-state index is 0.369. The number of hydrogen-bond donors (Lipinski definition) is 1. The number of rotatable bonds is 3. The number of ether oxygens (including phenoxy) is 1. The summed E-state index contributed by atoms with van der Waals surface area (Å²) in [7, 11) is 0. The van der Waals surface area contributed by atoms with E-state index < -0.39 is 0 Å². The molecule has 1 fully saturated rings. The van der Waals surface area contributed by atoms with Crippen LogP contribution in [0, 0.1) is 0 Å². The lowest BCUT2D eigenvalue weighted by molar-refractivity contribution is 0.120. The lowest BCUT2D eigenvalue weighted by Crippen LogP contribution is -2.18. The summed E-state index contributed by atoms with van der Waals surface area (Å²) in [5.41, 5.74) is 1.01. The van der Waals surface area contributed by atoms with Gasteiger partial charge in [0.2, 0.25) is 0 Å². The predicted molar refractivity (Wildman–Crippen MR) is 49.5 cm³/mol. The van der Waals surface area contributed by atoms with Gasteiger partial charge in [-0.05, 0) is 18.9 Å². The summed E-state index contributed by atoms with van der Waals surface area (Å²) in [4.78, 5) is 0. The second-order valence-electron chi connectivity index (χ2n) is 3.15. The van der Waals surface area contributed by atoms with Crippen LogP contribution < -0.4 is 5.32 Å². The van der Waals surface area contributed by atoms with Gasteiger partial charge in [0.15, 0.2) is 0 Å². The molecular formula is C9H13N3O. The van der Waals surface area contributed by atoms with E-state index in [2.05, 4.69) is 15.5 Å². The van der Waals surface area contributed by atoms with Crippen LogP contribution in [0.2, 0.25) is 0 Å². The maximum atomic E-state index is 5.48. The summed E-state index contributed by atoms with van der Waals surface area (Å²) in [6.07, 6.45) is 6.10. The van der Waals surface area contributed by atoms with Crippen molar-refractivity contribution in [3.63, 3.8) is 0 Å². The van der Waals surface area contributed by atoms with Crippen LogP contribution in [0.4, 0.5) is 5.69 Å². The number of anilines is 1. The third-order valence-corrected chi connectivity index (χ3v) is 2.14. The molecule has 0 aliphatic carbocycles. The van der Waals surface area contributed by atoms with Crippen LogP contribution in [0.1, 0.15) is 12.8 Å². The molecule has 0 aromatic carbocycles. The summed E-state index contributed by atoms with van der Waals surface area (Å²) in [6.45, 7) is 1.77. The molecule has 2 heterocycles. The van der Waals surface area contributed by atoms with Crippen molar-refractivity contribution in [1.82, 2.24) is 10.2 Å². The fourth-order valence-corrected chi connectivity index (χ4v) is 1.43. The van der Waals surface area contributed by atoms with Gasteiger partial charge in [-0.2, -0.15) is 10.2 Å². The minimum Gasteiger partial charge on any atom is -0.381 e. The molecular weight excluding hydrogens is 166 g/mol. The first kappa shape index (κ1) is 8.44. The molecule has 1 atom stereocenters. The van der Waals surface area contributed by atoms with Gasteiger partial charge in [-0.25, -0.2) is 0 Å². The fraction of sp³-hybridized carbons (Fsp3) is 0.556. The third-order valence-electron chi connectivity index (χ3n) is 2.14. The molecule has 4 nitrogen and oxygen atoms in total. The maximum absolute atomic E-state index is 5.48. The molecule has 70 valence electrons. The zero-order valence-corrected chi connectivity index (χ0v) is 7.44. The largest absolute Gasteiger partial charge is 0.381 e. The lowest BCUT2D eigenvalue weighted by atomic mass is 10.2. The van der Waals surface area contributed by atoms with Gasteiger partial charge in [0.25, 0.3) is 0 Å². The Kier molecular flexibility index (Phi) is 2.72. The molecule has 0 saturated carbocycles. The highest BCUT2D eigenvalue weighted by atomic mass is 16.5. The Balaban J connectivity index is 1.79. The van der Waals surface area contributed by atoms with E-state index in [4.69, 9.17) is 4.74 Å². The van der Waals surface area contributed by atoms with Crippen LogP contribution in [0.3, 0.4) is 0 Å². The highest BCUT2D eigenvalue weighted by Gasteiger charge is 2.14. The fourth-order valence-electron chi connectivity index (χ4n) is 1.43. The minimum atomic E-state index is 0.369. The number of aromatic nitrogens is 2. The maximum Gasteiger partial charge on any atom is 0.0748 e. The van der Waals surface area contributed by atoms with Gasteiger partial charge in [0, 0.05) is 13.2 Å². The first-order chi connectivity index (χ1) is 6.45. The summed E-state index contributed by atoms with van der Waals surface area (Å²) in [6, 6.07) is 1.90. The van der Waals surface area contributed by atoms with Crippen molar-refractivity contribution >= 4 is 5.69 Å². The van der Waals surface area contributed by atoms with Crippen molar-refractivity contribution in [3.8, 4) is 0 Å². The van der Waals surface area contributed by atoms with Gasteiger partial charge in [0.05, 0.1) is 24.2 Å². The van der Waals surface area contributed by atoms with E-state index in [0.29, 0.717) is 6.10 Å². The molecule has 1 N–H and O–H groups in total. The number of nitrogens with one attached hydrogen (secondary N) is 1. The Labute approximate surface area is 77.3 Å². The molecule has 0 unspecified atom stereocenters. The second kappa shape index (κ2) is 4.18. The van der Waals surface area contributed by atoms with Gasteiger partial charge in [0.1, 0.15) is 0 Å². The highest BCUT2D eigenvalue weighted by molar-refractivity contribution is 5.38. The second-order valence-corrected chi connectivity index (χ2v) is 3.15. The molecule has 1 aromatic heterocycles. The van der Waals surface area contributed by atoms with Gasteiger partial charge in [-0.1, -0.05) is 0 Å². The Bertz CT molecular complexity index is 246. The highest BCUT2D eigenvalue weighted by Crippen LogP contribution is 2.12. The van der Waals surface area contributed by atoms with Crippen molar-refractivity contribution in [2.45, 2.75) is 18.9 Å². The topological polar surface area (TPSA) is 47.0 Å². The smallest absolute Gasteiger partial charge is 0.0748 e. The van der Waals surface area contributed by atoms with Crippen molar-refractivity contribution in [1.29, 1.82) is 0 Å². The zero-order chi connectivity index (χ0) is 8.93. The molecule has 1 saturated heterocycles. The van der Waals surface area contributed by atoms with Crippen LogP contribution in [0.15, 0.2) is 18.5 Å². The van der Waals surface area contributed by atoms with E-state index in [1.165, 1.54) is 6.42 Å². The Morgan fingerprint density at radius 2 is 2.54 bits per heavy atom. The summed E-state index contributed by atoms with van der Waals surface area (Å²) in [5, 5.41) is 10.7. The van der Waals surface area contributed by atoms with Gasteiger partial charge < -0.3 is 10.1 Å². The van der Waals surface area contributed by atoms with Crippen LogP contribution in [-0.4, -0.2) is 29.5 Å². The molecule has 2 rings (SSSR count). The van der Waals surface area contributed by atoms with Crippen molar-refractivity contribution in [3.05, 3.63) is 18.5 Å².